The predicted molar refractivity (Wildman–Crippen MR) is 101 cm³/mol. The number of H-pyrrole nitrogens is 1. The quantitative estimate of drug-likeness (QED) is 0.789. The first-order valence-electron chi connectivity index (χ1n) is 9.64. The zero-order valence-corrected chi connectivity index (χ0v) is 15.2. The summed E-state index contributed by atoms with van der Waals surface area (Å²) < 4.78 is 0. The fourth-order valence-corrected chi connectivity index (χ4v) is 4.35. The number of hydrazine groups is 1. The Morgan fingerprint density at radius 1 is 1.23 bits per heavy atom. The van der Waals surface area contributed by atoms with Crippen molar-refractivity contribution in [2.45, 2.75) is 32.2 Å². The van der Waals surface area contributed by atoms with Gasteiger partial charge in [0.15, 0.2) is 0 Å². The normalized spacial score (nSPS) is 24.1. The number of benzene rings is 1. The first-order chi connectivity index (χ1) is 12.8. The van der Waals surface area contributed by atoms with E-state index >= 15 is 0 Å². The van der Waals surface area contributed by atoms with E-state index in [1.54, 1.807) is 6.33 Å². The van der Waals surface area contributed by atoms with Crippen LogP contribution in [0.1, 0.15) is 36.7 Å². The number of hydrogen-bond donors (Lipinski definition) is 3. The average Bonchev–Trinajstić information content (AvgIpc) is 3.37. The van der Waals surface area contributed by atoms with Crippen LogP contribution in [-0.4, -0.2) is 46.5 Å². The van der Waals surface area contributed by atoms with Gasteiger partial charge in [0.1, 0.15) is 11.4 Å². The molecule has 0 radical (unpaired) electrons. The maximum absolute atomic E-state index is 13.0. The molecule has 2 unspecified atom stereocenters. The van der Waals surface area contributed by atoms with Crippen LogP contribution in [0.25, 0.3) is 11.3 Å². The van der Waals surface area contributed by atoms with E-state index in [1.165, 1.54) is 6.42 Å². The maximum Gasteiger partial charge on any atom is 0.272 e. The number of nitrogens with one attached hydrogen (secondary N) is 3. The van der Waals surface area contributed by atoms with Gasteiger partial charge in [0, 0.05) is 31.2 Å². The SMILES string of the molecule is CCC1CNNC1C1CCN(C(=O)c2[nH]cnc2-c2ccccc2)CC1. The summed E-state index contributed by atoms with van der Waals surface area (Å²) in [6.07, 6.45) is 4.91. The largest absolute Gasteiger partial charge is 0.340 e. The third-order valence-corrected chi connectivity index (χ3v) is 5.90. The fraction of sp³-hybridized carbons (Fsp3) is 0.500. The molecule has 6 heteroatoms. The second kappa shape index (κ2) is 7.60. The number of carbonyl (C=O) groups is 1. The van der Waals surface area contributed by atoms with Crippen molar-refractivity contribution < 1.29 is 4.79 Å². The van der Waals surface area contributed by atoms with Gasteiger partial charge in [0.25, 0.3) is 5.91 Å². The van der Waals surface area contributed by atoms with E-state index in [2.05, 4.69) is 27.7 Å². The molecule has 0 spiro atoms. The zero-order chi connectivity index (χ0) is 17.9. The van der Waals surface area contributed by atoms with Crippen LogP contribution in [0.5, 0.6) is 0 Å². The third kappa shape index (κ3) is 3.27. The molecule has 3 heterocycles. The van der Waals surface area contributed by atoms with E-state index in [4.69, 9.17) is 0 Å². The predicted octanol–water partition coefficient (Wildman–Crippen LogP) is 2.43. The lowest BCUT2D eigenvalue weighted by atomic mass is 9.82. The monoisotopic (exact) mass is 353 g/mol. The summed E-state index contributed by atoms with van der Waals surface area (Å²) >= 11 is 0. The van der Waals surface area contributed by atoms with Gasteiger partial charge < -0.3 is 9.88 Å². The van der Waals surface area contributed by atoms with Crippen molar-refractivity contribution >= 4 is 5.91 Å². The highest BCUT2D eigenvalue weighted by Gasteiger charge is 2.35. The van der Waals surface area contributed by atoms with Crippen molar-refractivity contribution in [2.75, 3.05) is 19.6 Å². The van der Waals surface area contributed by atoms with Gasteiger partial charge in [-0.2, -0.15) is 0 Å². The van der Waals surface area contributed by atoms with Crippen LogP contribution in [-0.2, 0) is 0 Å². The number of hydrogen-bond acceptors (Lipinski definition) is 4. The summed E-state index contributed by atoms with van der Waals surface area (Å²) in [6, 6.07) is 10.4. The van der Waals surface area contributed by atoms with Gasteiger partial charge in [0.05, 0.1) is 6.33 Å². The van der Waals surface area contributed by atoms with E-state index in [9.17, 15) is 4.79 Å². The van der Waals surface area contributed by atoms with Crippen LogP contribution in [0.15, 0.2) is 36.7 Å². The molecule has 2 atom stereocenters. The van der Waals surface area contributed by atoms with Crippen LogP contribution in [0.4, 0.5) is 0 Å². The van der Waals surface area contributed by atoms with Gasteiger partial charge in [-0.15, -0.1) is 0 Å². The van der Waals surface area contributed by atoms with Crippen molar-refractivity contribution in [1.82, 2.24) is 25.7 Å². The van der Waals surface area contributed by atoms with Crippen LogP contribution in [0.2, 0.25) is 0 Å². The molecule has 2 aliphatic heterocycles. The second-order valence-electron chi connectivity index (χ2n) is 7.34. The molecule has 6 nitrogen and oxygen atoms in total. The minimum absolute atomic E-state index is 0.0596. The Hall–Kier alpha value is -2.18. The van der Waals surface area contributed by atoms with Crippen LogP contribution >= 0.6 is 0 Å². The number of nitrogens with zero attached hydrogens (tertiary/aromatic N) is 2. The Labute approximate surface area is 154 Å². The summed E-state index contributed by atoms with van der Waals surface area (Å²) in [6.45, 7) is 4.93. The smallest absolute Gasteiger partial charge is 0.272 e. The van der Waals surface area contributed by atoms with Crippen LogP contribution in [0.3, 0.4) is 0 Å². The number of carbonyl (C=O) groups excluding carboxylic acids is 1. The lowest BCUT2D eigenvalue weighted by Gasteiger charge is -2.36. The van der Waals surface area contributed by atoms with Crippen molar-refractivity contribution in [1.29, 1.82) is 0 Å². The van der Waals surface area contributed by atoms with E-state index in [1.807, 2.05) is 35.2 Å². The molecule has 1 aromatic carbocycles. The molecule has 2 saturated heterocycles. The maximum atomic E-state index is 13.0. The van der Waals surface area contributed by atoms with Crippen molar-refractivity contribution in [3.8, 4) is 11.3 Å². The molecule has 0 saturated carbocycles. The third-order valence-electron chi connectivity index (χ3n) is 5.90. The van der Waals surface area contributed by atoms with Gasteiger partial charge in [-0.25, -0.2) is 4.98 Å². The highest BCUT2D eigenvalue weighted by Crippen LogP contribution is 2.29. The molecule has 3 N–H and O–H groups in total. The van der Waals surface area contributed by atoms with Gasteiger partial charge >= 0.3 is 0 Å². The van der Waals surface area contributed by atoms with Crippen molar-refractivity contribution in [3.05, 3.63) is 42.4 Å². The van der Waals surface area contributed by atoms with E-state index in [-0.39, 0.29) is 5.91 Å². The molecule has 4 rings (SSSR count). The summed E-state index contributed by atoms with van der Waals surface area (Å²) in [4.78, 5) is 22.4. The standard InChI is InChI=1S/C20H27N5O/c1-2-14-12-23-24-17(14)16-8-10-25(11-9-16)20(26)19-18(21-13-22-19)15-6-4-3-5-7-15/h3-7,13-14,16-17,23-24H,2,8-12H2,1H3,(H,21,22). The second-order valence-corrected chi connectivity index (χ2v) is 7.34. The number of imidazole rings is 1. The lowest BCUT2D eigenvalue weighted by Crippen LogP contribution is -2.46. The minimum Gasteiger partial charge on any atom is -0.340 e. The Morgan fingerprint density at radius 3 is 2.73 bits per heavy atom. The summed E-state index contributed by atoms with van der Waals surface area (Å²) in [5, 5.41) is 0. The zero-order valence-electron chi connectivity index (χ0n) is 15.2. The molecule has 26 heavy (non-hydrogen) atoms. The summed E-state index contributed by atoms with van der Waals surface area (Å²) in [5.74, 6) is 1.39. The van der Waals surface area contributed by atoms with E-state index in [0.29, 0.717) is 23.6 Å². The molecular weight excluding hydrogens is 326 g/mol. The van der Waals surface area contributed by atoms with Gasteiger partial charge in [-0.3, -0.25) is 15.6 Å². The molecule has 0 aliphatic carbocycles. The molecule has 1 aromatic heterocycles. The number of aromatic amines is 1. The number of likely N-dealkylation sites (tertiary alicyclic amines) is 1. The van der Waals surface area contributed by atoms with Crippen LogP contribution in [0, 0.1) is 11.8 Å². The molecule has 2 aliphatic rings. The lowest BCUT2D eigenvalue weighted by molar-refractivity contribution is 0.0658. The highest BCUT2D eigenvalue weighted by molar-refractivity contribution is 5.98. The molecular formula is C20H27N5O. The average molecular weight is 353 g/mol. The number of aromatic nitrogens is 2. The van der Waals surface area contributed by atoms with Gasteiger partial charge in [0.2, 0.25) is 0 Å². The topological polar surface area (TPSA) is 73.0 Å². The van der Waals surface area contributed by atoms with Crippen molar-refractivity contribution in [3.63, 3.8) is 0 Å². The highest BCUT2D eigenvalue weighted by atomic mass is 16.2. The Balaban J connectivity index is 1.43. The van der Waals surface area contributed by atoms with Gasteiger partial charge in [-0.1, -0.05) is 43.7 Å². The van der Waals surface area contributed by atoms with Crippen molar-refractivity contribution in [2.24, 2.45) is 11.8 Å². The Kier molecular flexibility index (Phi) is 5.04. The molecule has 0 bridgehead atoms. The Morgan fingerprint density at radius 2 is 2.00 bits per heavy atom. The first-order valence-corrected chi connectivity index (χ1v) is 9.64. The molecule has 138 valence electrons. The summed E-state index contributed by atoms with van der Waals surface area (Å²) in [5.41, 5.74) is 9.08. The number of amides is 1. The molecule has 2 fully saturated rings. The molecule has 1 amide bonds. The van der Waals surface area contributed by atoms with E-state index in [0.717, 1.165) is 43.7 Å². The molecule has 2 aromatic rings. The summed E-state index contributed by atoms with van der Waals surface area (Å²) in [7, 11) is 0. The van der Waals surface area contributed by atoms with Gasteiger partial charge in [-0.05, 0) is 24.7 Å². The van der Waals surface area contributed by atoms with E-state index < -0.39 is 0 Å². The first kappa shape index (κ1) is 17.2. The fourth-order valence-electron chi connectivity index (χ4n) is 4.35. The number of piperidine rings is 1. The minimum atomic E-state index is 0.0596. The van der Waals surface area contributed by atoms with Crippen LogP contribution < -0.4 is 10.9 Å². The Bertz CT molecular complexity index is 736. The number of rotatable bonds is 4.